The van der Waals surface area contributed by atoms with Crippen LogP contribution in [0, 0.1) is 6.92 Å². The van der Waals surface area contributed by atoms with Crippen LogP contribution >= 0.6 is 0 Å². The minimum atomic E-state index is -0.368. The fourth-order valence-electron chi connectivity index (χ4n) is 2.90. The van der Waals surface area contributed by atoms with E-state index in [0.29, 0.717) is 11.3 Å². The van der Waals surface area contributed by atoms with Crippen LogP contribution in [0.4, 0.5) is 0 Å². The highest BCUT2D eigenvalue weighted by Crippen LogP contribution is 2.34. The molecule has 3 rings (SSSR count). The summed E-state index contributed by atoms with van der Waals surface area (Å²) in [6.07, 6.45) is 3.60. The second-order valence-electron chi connectivity index (χ2n) is 5.28. The predicted molar refractivity (Wildman–Crippen MR) is 75.2 cm³/mol. The smallest absolute Gasteiger partial charge is 0.339 e. The van der Waals surface area contributed by atoms with Gasteiger partial charge in [0.25, 0.3) is 0 Å². The number of hydrogen-bond acceptors (Lipinski definition) is 4. The van der Waals surface area contributed by atoms with E-state index in [9.17, 15) is 9.59 Å². The molecule has 0 bridgehead atoms. The number of hydrogen-bond donors (Lipinski definition) is 0. The summed E-state index contributed by atoms with van der Waals surface area (Å²) >= 11 is 0. The molecule has 1 aromatic heterocycles. The van der Waals surface area contributed by atoms with Crippen LogP contribution in [0.3, 0.4) is 0 Å². The van der Waals surface area contributed by atoms with E-state index in [4.69, 9.17) is 9.15 Å². The molecule has 0 saturated heterocycles. The molecule has 0 unspecified atom stereocenters. The summed E-state index contributed by atoms with van der Waals surface area (Å²) in [6, 6.07) is 3.64. The van der Waals surface area contributed by atoms with Gasteiger partial charge in [-0.05, 0) is 55.9 Å². The van der Waals surface area contributed by atoms with E-state index < -0.39 is 0 Å². The molecule has 0 N–H and O–H groups in total. The van der Waals surface area contributed by atoms with Gasteiger partial charge in [-0.15, -0.1) is 0 Å². The minimum absolute atomic E-state index is 0.258. The molecule has 1 heterocycles. The van der Waals surface area contributed by atoms with Gasteiger partial charge in [0.05, 0.1) is 5.39 Å². The molecule has 4 heteroatoms. The summed E-state index contributed by atoms with van der Waals surface area (Å²) in [4.78, 5) is 23.3. The molecule has 1 aliphatic carbocycles. The zero-order valence-corrected chi connectivity index (χ0v) is 11.6. The Morgan fingerprint density at radius 3 is 2.60 bits per heavy atom. The van der Waals surface area contributed by atoms with Crippen LogP contribution in [0.15, 0.2) is 21.3 Å². The van der Waals surface area contributed by atoms with E-state index in [2.05, 4.69) is 0 Å². The van der Waals surface area contributed by atoms with Gasteiger partial charge < -0.3 is 9.15 Å². The van der Waals surface area contributed by atoms with Gasteiger partial charge in [0.1, 0.15) is 11.3 Å². The minimum Gasteiger partial charge on any atom is -0.426 e. The van der Waals surface area contributed by atoms with Gasteiger partial charge in [-0.2, -0.15) is 0 Å². The molecule has 0 fully saturated rings. The molecule has 0 radical (unpaired) electrons. The molecule has 1 aromatic carbocycles. The summed E-state index contributed by atoms with van der Waals surface area (Å²) in [5.74, 6) is 0.127. The highest BCUT2D eigenvalue weighted by molar-refractivity contribution is 5.90. The Hall–Kier alpha value is -2.10. The summed E-state index contributed by atoms with van der Waals surface area (Å²) in [5, 5.41) is 0.778. The van der Waals surface area contributed by atoms with E-state index in [1.165, 1.54) is 6.92 Å². The maximum absolute atomic E-state index is 12.0. The number of carbonyl (C=O) groups excluding carboxylic acids is 1. The van der Waals surface area contributed by atoms with Gasteiger partial charge >= 0.3 is 11.6 Å². The van der Waals surface area contributed by atoms with E-state index in [1.807, 2.05) is 19.1 Å². The molecule has 0 saturated carbocycles. The van der Waals surface area contributed by atoms with Gasteiger partial charge in [-0.3, -0.25) is 4.79 Å². The Morgan fingerprint density at radius 2 is 1.90 bits per heavy atom. The van der Waals surface area contributed by atoms with Crippen molar-refractivity contribution < 1.29 is 13.9 Å². The number of aryl methyl sites for hydroxylation is 2. The summed E-state index contributed by atoms with van der Waals surface area (Å²) in [5.41, 5.74) is 2.87. The molecule has 1 aliphatic rings. The van der Waals surface area contributed by atoms with Crippen molar-refractivity contribution in [3.8, 4) is 5.75 Å². The second-order valence-corrected chi connectivity index (χ2v) is 5.28. The molecule has 2 aromatic rings. The van der Waals surface area contributed by atoms with Gasteiger partial charge in [-0.25, -0.2) is 4.79 Å². The normalized spacial score (nSPS) is 14.1. The fourth-order valence-corrected chi connectivity index (χ4v) is 2.90. The third kappa shape index (κ3) is 2.11. The molecular weight excluding hydrogens is 256 g/mol. The number of ether oxygens (including phenoxy) is 1. The standard InChI is InChI=1S/C16H16O4/c1-9-7-13(19-10(2)17)15-11-5-3-4-6-12(11)16(18)20-14(15)8-9/h7-8H,3-6H2,1-2H3. The predicted octanol–water partition coefficient (Wildman–Crippen LogP) is 2.91. The number of fused-ring (bicyclic) bond motifs is 3. The maximum Gasteiger partial charge on any atom is 0.339 e. The summed E-state index contributed by atoms with van der Waals surface area (Å²) < 4.78 is 10.7. The van der Waals surface area contributed by atoms with Gasteiger partial charge in [0, 0.05) is 12.5 Å². The quantitative estimate of drug-likeness (QED) is 0.455. The van der Waals surface area contributed by atoms with Crippen LogP contribution < -0.4 is 10.4 Å². The van der Waals surface area contributed by atoms with Crippen molar-refractivity contribution in [2.75, 3.05) is 0 Å². The van der Waals surface area contributed by atoms with Crippen molar-refractivity contribution in [3.05, 3.63) is 39.2 Å². The van der Waals surface area contributed by atoms with Crippen LogP contribution in [-0.4, -0.2) is 5.97 Å². The lowest BCUT2D eigenvalue weighted by atomic mass is 9.90. The van der Waals surface area contributed by atoms with Crippen molar-refractivity contribution in [1.29, 1.82) is 0 Å². The van der Waals surface area contributed by atoms with E-state index in [0.717, 1.165) is 47.8 Å². The third-order valence-corrected chi connectivity index (χ3v) is 3.68. The number of esters is 1. The highest BCUT2D eigenvalue weighted by Gasteiger charge is 2.21. The Morgan fingerprint density at radius 1 is 1.20 bits per heavy atom. The lowest BCUT2D eigenvalue weighted by molar-refractivity contribution is -0.131. The number of benzene rings is 1. The Bertz CT molecular complexity index is 755. The van der Waals surface area contributed by atoms with Crippen molar-refractivity contribution in [2.24, 2.45) is 0 Å². The van der Waals surface area contributed by atoms with Crippen LogP contribution in [0.25, 0.3) is 11.0 Å². The number of carbonyl (C=O) groups is 1. The van der Waals surface area contributed by atoms with Crippen LogP contribution in [-0.2, 0) is 17.6 Å². The van der Waals surface area contributed by atoms with Crippen molar-refractivity contribution in [3.63, 3.8) is 0 Å². The Kier molecular flexibility index (Phi) is 3.08. The average Bonchev–Trinajstić information content (AvgIpc) is 2.37. The van der Waals surface area contributed by atoms with E-state index in [-0.39, 0.29) is 11.6 Å². The molecule has 0 spiro atoms. The first kappa shape index (κ1) is 12.9. The fraction of sp³-hybridized carbons (Fsp3) is 0.375. The van der Waals surface area contributed by atoms with Gasteiger partial charge in [0.2, 0.25) is 0 Å². The van der Waals surface area contributed by atoms with Crippen LogP contribution in [0.5, 0.6) is 5.75 Å². The maximum atomic E-state index is 12.0. The van der Waals surface area contributed by atoms with Crippen molar-refractivity contribution >= 4 is 16.9 Å². The molecule has 20 heavy (non-hydrogen) atoms. The SMILES string of the molecule is CC(=O)Oc1cc(C)cc2oc(=O)c3c(c12)CCCC3. The summed E-state index contributed by atoms with van der Waals surface area (Å²) in [7, 11) is 0. The first-order chi connectivity index (χ1) is 9.56. The zero-order valence-electron chi connectivity index (χ0n) is 11.6. The topological polar surface area (TPSA) is 56.5 Å². The molecule has 0 amide bonds. The molecule has 4 nitrogen and oxygen atoms in total. The van der Waals surface area contributed by atoms with Crippen LogP contribution in [0.1, 0.15) is 36.5 Å². The largest absolute Gasteiger partial charge is 0.426 e. The molecule has 0 aliphatic heterocycles. The zero-order chi connectivity index (χ0) is 14.3. The Balaban J connectivity index is 2.38. The van der Waals surface area contributed by atoms with E-state index >= 15 is 0 Å². The van der Waals surface area contributed by atoms with E-state index in [1.54, 1.807) is 0 Å². The molecule has 0 atom stereocenters. The van der Waals surface area contributed by atoms with Crippen LogP contribution in [0.2, 0.25) is 0 Å². The first-order valence-corrected chi connectivity index (χ1v) is 6.84. The highest BCUT2D eigenvalue weighted by atomic mass is 16.5. The average molecular weight is 272 g/mol. The number of rotatable bonds is 1. The molecule has 104 valence electrons. The third-order valence-electron chi connectivity index (χ3n) is 3.68. The van der Waals surface area contributed by atoms with Gasteiger partial charge in [-0.1, -0.05) is 0 Å². The first-order valence-electron chi connectivity index (χ1n) is 6.84. The van der Waals surface area contributed by atoms with Crippen molar-refractivity contribution in [1.82, 2.24) is 0 Å². The Labute approximate surface area is 116 Å². The van der Waals surface area contributed by atoms with Crippen molar-refractivity contribution in [2.45, 2.75) is 39.5 Å². The monoisotopic (exact) mass is 272 g/mol. The second kappa shape index (κ2) is 4.78. The molecular formula is C16H16O4. The van der Waals surface area contributed by atoms with Gasteiger partial charge in [0.15, 0.2) is 0 Å². The lowest BCUT2D eigenvalue weighted by Crippen LogP contribution is -2.16. The lowest BCUT2D eigenvalue weighted by Gasteiger charge is -2.18. The summed E-state index contributed by atoms with van der Waals surface area (Å²) in [6.45, 7) is 3.26.